The molecule has 7 nitrogen and oxygen atoms in total. The number of anilines is 2. The Hall–Kier alpha value is -3.76. The molecule has 0 aliphatic carbocycles. The third-order valence-corrected chi connectivity index (χ3v) is 4.42. The molecule has 0 aliphatic rings. The van der Waals surface area contributed by atoms with Crippen molar-refractivity contribution in [3.63, 3.8) is 0 Å². The van der Waals surface area contributed by atoms with Crippen LogP contribution in [0.5, 0.6) is 0 Å². The van der Waals surface area contributed by atoms with Gasteiger partial charge in [0, 0.05) is 5.69 Å². The van der Waals surface area contributed by atoms with Gasteiger partial charge in [0.1, 0.15) is 12.0 Å². The minimum absolute atomic E-state index is 0.0232. The van der Waals surface area contributed by atoms with Crippen molar-refractivity contribution < 1.29 is 27.1 Å². The SMILES string of the molecule is CCOC(=O)Cc1cc(C)c(Nc2nc(=O)cnn2Cc2cc(F)c(F)c(F)c2)cc1F. The second-order valence-corrected chi connectivity index (χ2v) is 6.81. The van der Waals surface area contributed by atoms with Crippen LogP contribution in [0.3, 0.4) is 0 Å². The Bertz CT molecular complexity index is 1210. The summed E-state index contributed by atoms with van der Waals surface area (Å²) in [7, 11) is 0. The first-order chi connectivity index (χ1) is 15.2. The number of halogens is 4. The van der Waals surface area contributed by atoms with Gasteiger partial charge in [0.15, 0.2) is 17.5 Å². The van der Waals surface area contributed by atoms with Gasteiger partial charge in [-0.15, -0.1) is 0 Å². The maximum absolute atomic E-state index is 14.5. The van der Waals surface area contributed by atoms with Crippen molar-refractivity contribution in [3.05, 3.63) is 80.8 Å². The number of esters is 1. The van der Waals surface area contributed by atoms with Crippen molar-refractivity contribution in [3.8, 4) is 0 Å². The molecule has 32 heavy (non-hydrogen) atoms. The fourth-order valence-corrected chi connectivity index (χ4v) is 2.94. The van der Waals surface area contributed by atoms with Gasteiger partial charge in [-0.2, -0.15) is 10.1 Å². The van der Waals surface area contributed by atoms with Crippen molar-refractivity contribution >= 4 is 17.6 Å². The fourth-order valence-electron chi connectivity index (χ4n) is 2.94. The Morgan fingerprint density at radius 3 is 2.44 bits per heavy atom. The summed E-state index contributed by atoms with van der Waals surface area (Å²) < 4.78 is 60.7. The molecule has 1 aromatic heterocycles. The van der Waals surface area contributed by atoms with Gasteiger partial charge in [-0.05, 0) is 48.7 Å². The van der Waals surface area contributed by atoms with Gasteiger partial charge in [-0.25, -0.2) is 22.2 Å². The Labute approximate surface area is 179 Å². The quantitative estimate of drug-likeness (QED) is 0.337. The summed E-state index contributed by atoms with van der Waals surface area (Å²) in [6.07, 6.45) is 0.635. The molecule has 0 saturated heterocycles. The van der Waals surface area contributed by atoms with E-state index >= 15 is 0 Å². The number of nitrogens with zero attached hydrogens (tertiary/aromatic N) is 3. The molecule has 0 unspecified atom stereocenters. The first-order valence-corrected chi connectivity index (χ1v) is 9.47. The highest BCUT2D eigenvalue weighted by molar-refractivity contribution is 5.73. The van der Waals surface area contributed by atoms with Gasteiger partial charge < -0.3 is 10.1 Å². The van der Waals surface area contributed by atoms with Crippen LogP contribution in [0.15, 0.2) is 35.3 Å². The van der Waals surface area contributed by atoms with Gasteiger partial charge in [0.2, 0.25) is 5.95 Å². The van der Waals surface area contributed by atoms with E-state index in [-0.39, 0.29) is 42.3 Å². The number of aromatic nitrogens is 3. The summed E-state index contributed by atoms with van der Waals surface area (Å²) in [5.41, 5.74) is 0.183. The maximum Gasteiger partial charge on any atom is 0.310 e. The molecule has 3 aromatic rings. The van der Waals surface area contributed by atoms with E-state index in [4.69, 9.17) is 4.74 Å². The van der Waals surface area contributed by atoms with E-state index in [0.717, 1.165) is 29.1 Å². The molecule has 0 atom stereocenters. The molecule has 0 bridgehead atoms. The topological polar surface area (TPSA) is 86.1 Å². The zero-order valence-corrected chi connectivity index (χ0v) is 17.1. The third-order valence-electron chi connectivity index (χ3n) is 4.42. The standard InChI is InChI=1S/C21H18F4N4O3/c1-3-32-19(31)7-13-4-11(2)17(8-14(13)22)27-21-28-18(30)9-26-29(21)10-12-5-15(23)20(25)16(24)6-12/h4-6,8-9H,3,7,10H2,1-2H3,(H,27,28,30). The van der Waals surface area contributed by atoms with Crippen LogP contribution in [-0.2, 0) is 22.5 Å². The molecule has 0 fully saturated rings. The van der Waals surface area contributed by atoms with E-state index in [1.165, 1.54) is 6.07 Å². The predicted octanol–water partition coefficient (Wildman–Crippen LogP) is 3.40. The summed E-state index contributed by atoms with van der Waals surface area (Å²) in [4.78, 5) is 27.1. The first-order valence-electron chi connectivity index (χ1n) is 9.47. The van der Waals surface area contributed by atoms with E-state index in [1.807, 2.05) is 0 Å². The van der Waals surface area contributed by atoms with Crippen LogP contribution in [0.4, 0.5) is 29.2 Å². The van der Waals surface area contributed by atoms with E-state index < -0.39 is 34.8 Å². The second kappa shape index (κ2) is 9.58. The highest BCUT2D eigenvalue weighted by atomic mass is 19.2. The van der Waals surface area contributed by atoms with Gasteiger partial charge in [0.05, 0.1) is 19.6 Å². The number of ether oxygens (including phenoxy) is 1. The molecule has 0 amide bonds. The lowest BCUT2D eigenvalue weighted by molar-refractivity contribution is -0.142. The number of hydrogen-bond donors (Lipinski definition) is 1. The average Bonchev–Trinajstić information content (AvgIpc) is 2.72. The van der Waals surface area contributed by atoms with Crippen molar-refractivity contribution in [2.75, 3.05) is 11.9 Å². The molecule has 3 rings (SSSR count). The molecular weight excluding hydrogens is 432 g/mol. The number of nitrogens with one attached hydrogen (secondary N) is 1. The lowest BCUT2D eigenvalue weighted by Crippen LogP contribution is -2.20. The van der Waals surface area contributed by atoms with Crippen molar-refractivity contribution in [2.24, 2.45) is 0 Å². The number of aryl methyl sites for hydroxylation is 1. The van der Waals surface area contributed by atoms with Crippen molar-refractivity contribution in [2.45, 2.75) is 26.8 Å². The van der Waals surface area contributed by atoms with Crippen molar-refractivity contribution in [1.29, 1.82) is 0 Å². The number of carbonyl (C=O) groups is 1. The van der Waals surface area contributed by atoms with Crippen LogP contribution in [0.1, 0.15) is 23.6 Å². The Balaban J connectivity index is 1.91. The van der Waals surface area contributed by atoms with Crippen LogP contribution in [0.25, 0.3) is 0 Å². The third kappa shape index (κ3) is 5.29. The molecule has 1 N–H and O–H groups in total. The highest BCUT2D eigenvalue weighted by Gasteiger charge is 2.15. The maximum atomic E-state index is 14.5. The summed E-state index contributed by atoms with van der Waals surface area (Å²) in [6, 6.07) is 4.14. The second-order valence-electron chi connectivity index (χ2n) is 6.81. The lowest BCUT2D eigenvalue weighted by atomic mass is 10.1. The number of carbonyl (C=O) groups excluding carboxylic acids is 1. The minimum atomic E-state index is -1.60. The molecular formula is C21H18F4N4O3. The van der Waals surface area contributed by atoms with Gasteiger partial charge >= 0.3 is 5.97 Å². The van der Waals surface area contributed by atoms with Crippen LogP contribution in [0.2, 0.25) is 0 Å². The molecule has 2 aromatic carbocycles. The van der Waals surface area contributed by atoms with Crippen LogP contribution >= 0.6 is 0 Å². The zero-order valence-electron chi connectivity index (χ0n) is 17.1. The van der Waals surface area contributed by atoms with Gasteiger partial charge in [0.25, 0.3) is 5.56 Å². The summed E-state index contributed by atoms with van der Waals surface area (Å²) in [5, 5.41) is 6.63. The Kier molecular flexibility index (Phi) is 6.86. The number of hydrogen-bond acceptors (Lipinski definition) is 6. The molecule has 1 heterocycles. The van der Waals surface area contributed by atoms with Crippen LogP contribution in [0, 0.1) is 30.2 Å². The number of rotatable bonds is 7. The van der Waals surface area contributed by atoms with E-state index in [0.29, 0.717) is 5.56 Å². The highest BCUT2D eigenvalue weighted by Crippen LogP contribution is 2.24. The molecule has 0 aliphatic heterocycles. The molecule has 0 radical (unpaired) electrons. The van der Waals surface area contributed by atoms with Gasteiger partial charge in [-0.3, -0.25) is 9.59 Å². The Morgan fingerprint density at radius 1 is 1.09 bits per heavy atom. The van der Waals surface area contributed by atoms with E-state index in [1.54, 1.807) is 13.8 Å². The molecule has 11 heteroatoms. The summed E-state index contributed by atoms with van der Waals surface area (Å²) >= 11 is 0. The molecule has 0 saturated carbocycles. The van der Waals surface area contributed by atoms with E-state index in [2.05, 4.69) is 15.4 Å². The van der Waals surface area contributed by atoms with Crippen LogP contribution < -0.4 is 10.9 Å². The normalized spacial score (nSPS) is 10.8. The van der Waals surface area contributed by atoms with E-state index in [9.17, 15) is 27.2 Å². The monoisotopic (exact) mass is 450 g/mol. The average molecular weight is 450 g/mol. The van der Waals surface area contributed by atoms with Gasteiger partial charge in [-0.1, -0.05) is 6.07 Å². The molecule has 168 valence electrons. The predicted molar refractivity (Wildman–Crippen MR) is 106 cm³/mol. The fraction of sp³-hybridized carbons (Fsp3) is 0.238. The smallest absolute Gasteiger partial charge is 0.310 e. The first kappa shape index (κ1) is 22.9. The number of benzene rings is 2. The molecule has 0 spiro atoms. The largest absolute Gasteiger partial charge is 0.466 e. The summed E-state index contributed by atoms with van der Waals surface area (Å²) in [6.45, 7) is 3.19. The van der Waals surface area contributed by atoms with Crippen LogP contribution in [-0.4, -0.2) is 27.3 Å². The Morgan fingerprint density at radius 2 is 1.78 bits per heavy atom. The summed E-state index contributed by atoms with van der Waals surface area (Å²) in [5.74, 6) is -5.76. The zero-order chi connectivity index (χ0) is 23.4. The minimum Gasteiger partial charge on any atom is -0.466 e. The van der Waals surface area contributed by atoms with Crippen molar-refractivity contribution in [1.82, 2.24) is 14.8 Å². The lowest BCUT2D eigenvalue weighted by Gasteiger charge is -2.15.